The largest absolute Gasteiger partial charge is 0.382 e. The molecule has 26 heavy (non-hydrogen) atoms. The van der Waals surface area contributed by atoms with Crippen molar-refractivity contribution in [3.63, 3.8) is 0 Å². The van der Waals surface area contributed by atoms with Crippen molar-refractivity contribution in [2.45, 2.75) is 31.2 Å². The van der Waals surface area contributed by atoms with Crippen LogP contribution in [0, 0.1) is 0 Å². The lowest BCUT2D eigenvalue weighted by molar-refractivity contribution is 0.0767. The fourth-order valence-corrected chi connectivity index (χ4v) is 3.49. The fraction of sp³-hybridized carbons (Fsp3) is 0.450. The van der Waals surface area contributed by atoms with Crippen LogP contribution in [0.5, 0.6) is 0 Å². The van der Waals surface area contributed by atoms with Crippen molar-refractivity contribution in [1.82, 2.24) is 15.3 Å². The predicted molar refractivity (Wildman–Crippen MR) is 102 cm³/mol. The molecule has 1 saturated carbocycles. The first kappa shape index (κ1) is 18.3. The van der Waals surface area contributed by atoms with Crippen molar-refractivity contribution in [2.75, 3.05) is 32.7 Å². The second kappa shape index (κ2) is 7.83. The van der Waals surface area contributed by atoms with Crippen molar-refractivity contribution in [3.05, 3.63) is 42.2 Å². The number of carbonyl (C=O) groups is 1. The van der Waals surface area contributed by atoms with Crippen LogP contribution >= 0.6 is 0 Å². The van der Waals surface area contributed by atoms with Crippen molar-refractivity contribution in [3.8, 4) is 11.3 Å². The first-order valence-corrected chi connectivity index (χ1v) is 8.94. The Kier molecular flexibility index (Phi) is 5.52. The Bertz CT molecular complexity index is 753. The maximum absolute atomic E-state index is 12.7. The molecule has 0 atom stereocenters. The number of carbonyl (C=O) groups excluding carboxylic acids is 1. The molecule has 1 aliphatic carbocycles. The van der Waals surface area contributed by atoms with Gasteiger partial charge in [0, 0.05) is 38.4 Å². The number of hydrogen-bond donors (Lipinski definition) is 1. The normalized spacial score (nSPS) is 15.7. The second-order valence-corrected chi connectivity index (χ2v) is 7.11. The summed E-state index contributed by atoms with van der Waals surface area (Å²) >= 11 is 0. The van der Waals surface area contributed by atoms with E-state index in [2.05, 4.69) is 15.3 Å². The molecule has 1 heterocycles. The molecule has 3 rings (SSSR count). The molecule has 0 saturated heterocycles. The van der Waals surface area contributed by atoms with E-state index in [0.717, 1.165) is 42.8 Å². The first-order valence-electron chi connectivity index (χ1n) is 8.94. The van der Waals surface area contributed by atoms with Crippen molar-refractivity contribution in [1.29, 1.82) is 0 Å². The van der Waals surface area contributed by atoms with Gasteiger partial charge in [-0.1, -0.05) is 25.0 Å². The van der Waals surface area contributed by atoms with E-state index in [-0.39, 0.29) is 11.4 Å². The third-order valence-corrected chi connectivity index (χ3v) is 4.91. The molecule has 0 bridgehead atoms. The van der Waals surface area contributed by atoms with E-state index < -0.39 is 0 Å². The van der Waals surface area contributed by atoms with Crippen molar-refractivity contribution < 1.29 is 9.53 Å². The topological polar surface area (TPSA) is 67.3 Å². The SMILES string of the molecule is COCC1(NC(=O)c2ccc(-c3cc(N(C)C)ncn3)cc2)CCCC1. The van der Waals surface area contributed by atoms with Gasteiger partial charge in [-0.05, 0) is 25.0 Å². The van der Waals surface area contributed by atoms with Crippen molar-refractivity contribution in [2.24, 2.45) is 0 Å². The van der Waals surface area contributed by atoms with Crippen LogP contribution < -0.4 is 10.2 Å². The monoisotopic (exact) mass is 354 g/mol. The van der Waals surface area contributed by atoms with Gasteiger partial charge in [-0.25, -0.2) is 9.97 Å². The molecule has 6 heteroatoms. The highest BCUT2D eigenvalue weighted by molar-refractivity contribution is 5.95. The minimum absolute atomic E-state index is 0.0489. The molecule has 1 aromatic carbocycles. The molecule has 0 radical (unpaired) electrons. The Morgan fingerprint density at radius 2 is 1.88 bits per heavy atom. The molecule has 1 N–H and O–H groups in total. The smallest absolute Gasteiger partial charge is 0.251 e. The molecule has 1 aliphatic rings. The summed E-state index contributed by atoms with van der Waals surface area (Å²) in [6.07, 6.45) is 5.76. The van der Waals surface area contributed by atoms with Gasteiger partial charge >= 0.3 is 0 Å². The van der Waals surface area contributed by atoms with Crippen LogP contribution in [-0.4, -0.2) is 49.2 Å². The average molecular weight is 354 g/mol. The quantitative estimate of drug-likeness (QED) is 0.864. The zero-order valence-corrected chi connectivity index (χ0v) is 15.7. The van der Waals surface area contributed by atoms with E-state index >= 15 is 0 Å². The Morgan fingerprint density at radius 1 is 1.19 bits per heavy atom. The number of hydrogen-bond acceptors (Lipinski definition) is 5. The Labute approximate surface area is 154 Å². The summed E-state index contributed by atoms with van der Waals surface area (Å²) in [4.78, 5) is 23.2. The van der Waals surface area contributed by atoms with E-state index in [1.54, 1.807) is 13.4 Å². The summed E-state index contributed by atoms with van der Waals surface area (Å²) in [7, 11) is 5.57. The molecular weight excluding hydrogens is 328 g/mol. The van der Waals surface area contributed by atoms with Crippen LogP contribution in [0.15, 0.2) is 36.7 Å². The molecule has 0 spiro atoms. The lowest BCUT2D eigenvalue weighted by Crippen LogP contribution is -2.49. The van der Waals surface area contributed by atoms with Crippen LogP contribution in [0.3, 0.4) is 0 Å². The molecule has 6 nitrogen and oxygen atoms in total. The van der Waals surface area contributed by atoms with Crippen LogP contribution in [-0.2, 0) is 4.74 Å². The van der Waals surface area contributed by atoms with Gasteiger partial charge in [-0.3, -0.25) is 4.79 Å². The lowest BCUT2D eigenvalue weighted by Gasteiger charge is -2.29. The number of rotatable bonds is 6. The second-order valence-electron chi connectivity index (χ2n) is 7.11. The molecule has 138 valence electrons. The van der Waals surface area contributed by atoms with E-state index in [9.17, 15) is 4.79 Å². The number of methoxy groups -OCH3 is 1. The van der Waals surface area contributed by atoms with Gasteiger partial charge in [0.25, 0.3) is 5.91 Å². The molecule has 0 aliphatic heterocycles. The summed E-state index contributed by atoms with van der Waals surface area (Å²) in [5.41, 5.74) is 2.22. The van der Waals surface area contributed by atoms with Gasteiger partial charge in [0.15, 0.2) is 0 Å². The molecule has 2 aromatic rings. The molecular formula is C20H26N4O2. The number of benzene rings is 1. The maximum Gasteiger partial charge on any atom is 0.251 e. The highest BCUT2D eigenvalue weighted by atomic mass is 16.5. The number of nitrogens with one attached hydrogen (secondary N) is 1. The van der Waals surface area contributed by atoms with Crippen LogP contribution in [0.1, 0.15) is 36.0 Å². The zero-order valence-electron chi connectivity index (χ0n) is 15.7. The van der Waals surface area contributed by atoms with Gasteiger partial charge in [-0.2, -0.15) is 0 Å². The minimum atomic E-state index is -0.224. The summed E-state index contributed by atoms with van der Waals surface area (Å²) in [6.45, 7) is 0.561. The Morgan fingerprint density at radius 3 is 2.50 bits per heavy atom. The standard InChI is InChI=1S/C20H26N4O2/c1-24(2)18-12-17(21-14-22-18)15-6-8-16(9-7-15)19(25)23-20(13-26-3)10-4-5-11-20/h6-9,12,14H,4-5,10-11,13H2,1-3H3,(H,23,25). The van der Waals surface area contributed by atoms with E-state index in [0.29, 0.717) is 12.2 Å². The van der Waals surface area contributed by atoms with Gasteiger partial charge in [-0.15, -0.1) is 0 Å². The predicted octanol–water partition coefficient (Wildman–Crippen LogP) is 2.90. The third-order valence-electron chi connectivity index (χ3n) is 4.91. The summed E-state index contributed by atoms with van der Waals surface area (Å²) in [6, 6.07) is 9.47. The number of nitrogens with zero attached hydrogens (tertiary/aromatic N) is 3. The highest BCUT2D eigenvalue weighted by Crippen LogP contribution is 2.30. The van der Waals surface area contributed by atoms with Gasteiger partial charge in [0.1, 0.15) is 12.1 Å². The lowest BCUT2D eigenvalue weighted by atomic mass is 9.98. The number of anilines is 1. The van der Waals surface area contributed by atoms with E-state index in [4.69, 9.17) is 4.74 Å². The zero-order chi connectivity index (χ0) is 18.6. The summed E-state index contributed by atoms with van der Waals surface area (Å²) in [5.74, 6) is 0.798. The molecule has 0 unspecified atom stereocenters. The minimum Gasteiger partial charge on any atom is -0.382 e. The average Bonchev–Trinajstić information content (AvgIpc) is 3.10. The highest BCUT2D eigenvalue weighted by Gasteiger charge is 2.35. The molecule has 1 fully saturated rings. The summed E-state index contributed by atoms with van der Waals surface area (Å²) in [5, 5.41) is 3.20. The van der Waals surface area contributed by atoms with Gasteiger partial charge < -0.3 is 15.0 Å². The first-order chi connectivity index (χ1) is 12.5. The van der Waals surface area contributed by atoms with Crippen LogP contribution in [0.2, 0.25) is 0 Å². The Balaban J connectivity index is 1.75. The van der Waals surface area contributed by atoms with Crippen molar-refractivity contribution >= 4 is 11.7 Å². The number of amides is 1. The third kappa shape index (κ3) is 4.02. The summed E-state index contributed by atoms with van der Waals surface area (Å²) < 4.78 is 5.34. The fourth-order valence-electron chi connectivity index (χ4n) is 3.49. The molecule has 1 aromatic heterocycles. The number of ether oxygens (including phenoxy) is 1. The molecule has 1 amide bonds. The van der Waals surface area contributed by atoms with E-state index in [1.807, 2.05) is 49.3 Å². The van der Waals surface area contributed by atoms with Gasteiger partial charge in [0.2, 0.25) is 0 Å². The maximum atomic E-state index is 12.7. The van der Waals surface area contributed by atoms with Gasteiger partial charge in [0.05, 0.1) is 17.8 Å². The Hall–Kier alpha value is -2.47. The number of aromatic nitrogens is 2. The van der Waals surface area contributed by atoms with Crippen LogP contribution in [0.25, 0.3) is 11.3 Å². The van der Waals surface area contributed by atoms with Crippen LogP contribution in [0.4, 0.5) is 5.82 Å². The van der Waals surface area contributed by atoms with E-state index in [1.165, 1.54) is 0 Å².